The number of rotatable bonds is 1. The van der Waals surface area contributed by atoms with Crippen molar-refractivity contribution in [3.63, 3.8) is 0 Å². The minimum atomic E-state index is 0.499. The van der Waals surface area contributed by atoms with Crippen LogP contribution in [-0.2, 0) is 0 Å². The standard InChI is InChI=1S/C6H6ClNO/c7-5-3-1-2-4-6(5)9-8/h1-4H,8H2. The van der Waals surface area contributed by atoms with E-state index in [4.69, 9.17) is 17.5 Å². The van der Waals surface area contributed by atoms with E-state index in [1.165, 1.54) is 0 Å². The molecule has 0 aliphatic rings. The quantitative estimate of drug-likeness (QED) is 0.606. The third-order valence-electron chi connectivity index (χ3n) is 0.964. The fourth-order valence-corrected chi connectivity index (χ4v) is 0.721. The lowest BCUT2D eigenvalue weighted by molar-refractivity contribution is 0.335. The molecule has 1 aromatic rings. The summed E-state index contributed by atoms with van der Waals surface area (Å²) < 4.78 is 0. The summed E-state index contributed by atoms with van der Waals surface area (Å²) in [5, 5.41) is 0.528. The van der Waals surface area contributed by atoms with Crippen molar-refractivity contribution in [2.45, 2.75) is 0 Å². The highest BCUT2D eigenvalue weighted by Gasteiger charge is 1.94. The lowest BCUT2D eigenvalue weighted by Crippen LogP contribution is -2.01. The number of hydrogen-bond acceptors (Lipinski definition) is 2. The van der Waals surface area contributed by atoms with Gasteiger partial charge in [0.2, 0.25) is 0 Å². The van der Waals surface area contributed by atoms with Crippen molar-refractivity contribution in [3.05, 3.63) is 29.3 Å². The van der Waals surface area contributed by atoms with Gasteiger partial charge in [-0.3, -0.25) is 0 Å². The first-order valence-corrected chi connectivity index (χ1v) is 2.83. The molecule has 0 heterocycles. The molecule has 0 aromatic heterocycles. The average Bonchev–Trinajstić information content (AvgIpc) is 1.89. The van der Waals surface area contributed by atoms with Crippen LogP contribution in [0, 0.1) is 0 Å². The Kier molecular flexibility index (Phi) is 1.92. The molecule has 0 amide bonds. The predicted octanol–water partition coefficient (Wildman–Crippen LogP) is 1.59. The molecule has 1 rings (SSSR count). The molecule has 0 bridgehead atoms. The van der Waals surface area contributed by atoms with Gasteiger partial charge >= 0.3 is 0 Å². The SMILES string of the molecule is NOc1ccccc1Cl. The van der Waals surface area contributed by atoms with Crippen LogP contribution in [0.4, 0.5) is 0 Å². The van der Waals surface area contributed by atoms with Crippen LogP contribution in [0.3, 0.4) is 0 Å². The highest BCUT2D eigenvalue weighted by Crippen LogP contribution is 2.21. The lowest BCUT2D eigenvalue weighted by atomic mass is 10.3. The smallest absolute Gasteiger partial charge is 0.165 e. The van der Waals surface area contributed by atoms with Gasteiger partial charge in [-0.25, -0.2) is 0 Å². The third kappa shape index (κ3) is 1.34. The van der Waals surface area contributed by atoms with Gasteiger partial charge in [-0.05, 0) is 12.1 Å². The van der Waals surface area contributed by atoms with Gasteiger partial charge in [-0.2, -0.15) is 5.90 Å². The zero-order chi connectivity index (χ0) is 6.69. The number of benzene rings is 1. The molecule has 0 saturated carbocycles. The Bertz CT molecular complexity index is 202. The zero-order valence-electron chi connectivity index (χ0n) is 4.67. The van der Waals surface area contributed by atoms with Crippen molar-refractivity contribution in [1.29, 1.82) is 0 Å². The fraction of sp³-hybridized carbons (Fsp3) is 0. The Morgan fingerprint density at radius 2 is 2.00 bits per heavy atom. The van der Waals surface area contributed by atoms with E-state index >= 15 is 0 Å². The molecule has 9 heavy (non-hydrogen) atoms. The first kappa shape index (κ1) is 6.39. The fourth-order valence-electron chi connectivity index (χ4n) is 0.540. The molecule has 0 aliphatic carbocycles. The molecule has 0 spiro atoms. The first-order valence-electron chi connectivity index (χ1n) is 2.46. The number of nitrogens with two attached hydrogens (primary N) is 1. The van der Waals surface area contributed by atoms with Gasteiger partial charge in [0.15, 0.2) is 5.75 Å². The highest BCUT2D eigenvalue weighted by molar-refractivity contribution is 6.32. The summed E-state index contributed by atoms with van der Waals surface area (Å²) in [4.78, 5) is 4.41. The summed E-state index contributed by atoms with van der Waals surface area (Å²) in [6.45, 7) is 0. The largest absolute Gasteiger partial charge is 0.410 e. The van der Waals surface area contributed by atoms with E-state index in [0.29, 0.717) is 10.8 Å². The van der Waals surface area contributed by atoms with Crippen molar-refractivity contribution in [1.82, 2.24) is 0 Å². The Morgan fingerprint density at radius 1 is 1.33 bits per heavy atom. The maximum atomic E-state index is 5.62. The van der Waals surface area contributed by atoms with E-state index in [1.54, 1.807) is 18.2 Å². The number of para-hydroxylation sites is 1. The van der Waals surface area contributed by atoms with Crippen LogP contribution < -0.4 is 10.7 Å². The monoisotopic (exact) mass is 143 g/mol. The van der Waals surface area contributed by atoms with Crippen LogP contribution in [0.1, 0.15) is 0 Å². The minimum absolute atomic E-state index is 0.499. The van der Waals surface area contributed by atoms with Gasteiger partial charge in [0.05, 0.1) is 5.02 Å². The van der Waals surface area contributed by atoms with Gasteiger partial charge in [0.25, 0.3) is 0 Å². The van der Waals surface area contributed by atoms with E-state index in [-0.39, 0.29) is 0 Å². The molecule has 2 N–H and O–H groups in total. The van der Waals surface area contributed by atoms with Crippen molar-refractivity contribution in [2.24, 2.45) is 5.90 Å². The van der Waals surface area contributed by atoms with Crippen LogP contribution in [0.2, 0.25) is 5.02 Å². The van der Waals surface area contributed by atoms with E-state index < -0.39 is 0 Å². The molecule has 0 atom stereocenters. The number of halogens is 1. The van der Waals surface area contributed by atoms with Gasteiger partial charge < -0.3 is 4.84 Å². The van der Waals surface area contributed by atoms with Gasteiger partial charge in [0.1, 0.15) is 0 Å². The maximum Gasteiger partial charge on any atom is 0.165 e. The highest BCUT2D eigenvalue weighted by atomic mass is 35.5. The molecule has 2 nitrogen and oxygen atoms in total. The molecule has 3 heteroatoms. The summed E-state index contributed by atoms with van der Waals surface area (Å²) in [6, 6.07) is 7.02. The molecule has 0 unspecified atom stereocenters. The Hall–Kier alpha value is -0.730. The topological polar surface area (TPSA) is 35.2 Å². The summed E-state index contributed by atoms with van der Waals surface area (Å²) >= 11 is 5.62. The van der Waals surface area contributed by atoms with Crippen LogP contribution in [0.25, 0.3) is 0 Å². The summed E-state index contributed by atoms with van der Waals surface area (Å²) in [5.41, 5.74) is 0. The van der Waals surface area contributed by atoms with Crippen LogP contribution in [-0.4, -0.2) is 0 Å². The Labute approximate surface area is 58.1 Å². The van der Waals surface area contributed by atoms with Crippen LogP contribution >= 0.6 is 11.6 Å². The summed E-state index contributed by atoms with van der Waals surface area (Å²) in [7, 11) is 0. The molecule has 48 valence electrons. The van der Waals surface area contributed by atoms with Crippen molar-refractivity contribution in [2.75, 3.05) is 0 Å². The molecule has 0 radical (unpaired) electrons. The average molecular weight is 144 g/mol. The summed E-state index contributed by atoms with van der Waals surface area (Å²) in [6.07, 6.45) is 0. The van der Waals surface area contributed by atoms with Crippen molar-refractivity contribution < 1.29 is 4.84 Å². The third-order valence-corrected chi connectivity index (χ3v) is 1.28. The van der Waals surface area contributed by atoms with E-state index in [9.17, 15) is 0 Å². The zero-order valence-corrected chi connectivity index (χ0v) is 5.43. The van der Waals surface area contributed by atoms with Gasteiger partial charge in [-0.1, -0.05) is 23.7 Å². The predicted molar refractivity (Wildman–Crippen MR) is 36.3 cm³/mol. The van der Waals surface area contributed by atoms with Crippen LogP contribution in [0.5, 0.6) is 5.75 Å². The lowest BCUT2D eigenvalue weighted by Gasteiger charge is -1.97. The van der Waals surface area contributed by atoms with E-state index in [1.807, 2.05) is 6.07 Å². The van der Waals surface area contributed by atoms with Crippen molar-refractivity contribution >= 4 is 11.6 Å². The maximum absolute atomic E-state index is 5.62. The van der Waals surface area contributed by atoms with Gasteiger partial charge in [-0.15, -0.1) is 0 Å². The normalized spacial score (nSPS) is 9.11. The molecule has 0 aliphatic heterocycles. The first-order chi connectivity index (χ1) is 4.34. The Morgan fingerprint density at radius 3 is 2.44 bits per heavy atom. The molecule has 0 saturated heterocycles. The minimum Gasteiger partial charge on any atom is -0.410 e. The van der Waals surface area contributed by atoms with Crippen LogP contribution in [0.15, 0.2) is 24.3 Å². The van der Waals surface area contributed by atoms with Crippen molar-refractivity contribution in [3.8, 4) is 5.75 Å². The molecule has 0 fully saturated rings. The second-order valence-electron chi connectivity index (χ2n) is 1.55. The number of hydrogen-bond donors (Lipinski definition) is 1. The van der Waals surface area contributed by atoms with Gasteiger partial charge in [0, 0.05) is 0 Å². The molecule has 1 aromatic carbocycles. The summed E-state index contributed by atoms with van der Waals surface area (Å²) in [5.74, 6) is 5.37. The van der Waals surface area contributed by atoms with E-state index in [2.05, 4.69) is 4.84 Å². The molecular formula is C6H6ClNO. The second-order valence-corrected chi connectivity index (χ2v) is 1.96. The molecular weight excluding hydrogens is 138 g/mol. The Balaban J connectivity index is 3.01. The second kappa shape index (κ2) is 2.71. The van der Waals surface area contributed by atoms with E-state index in [0.717, 1.165) is 0 Å².